The van der Waals surface area contributed by atoms with Gasteiger partial charge in [0.05, 0.1) is 0 Å². The van der Waals surface area contributed by atoms with Gasteiger partial charge in [0.1, 0.15) is 12.1 Å². The second kappa shape index (κ2) is 6.41. The number of aromatic nitrogens is 3. The molecule has 0 bridgehead atoms. The number of carbonyl (C=O) groups excluding carboxylic acids is 1. The summed E-state index contributed by atoms with van der Waals surface area (Å²) in [6.45, 7) is 0. The zero-order chi connectivity index (χ0) is 15.4. The van der Waals surface area contributed by atoms with Gasteiger partial charge in [0.15, 0.2) is 5.82 Å². The second-order valence-electron chi connectivity index (χ2n) is 4.55. The Morgan fingerprint density at radius 3 is 2.45 bits per heavy atom. The summed E-state index contributed by atoms with van der Waals surface area (Å²) < 4.78 is 5.79. The van der Waals surface area contributed by atoms with Crippen molar-refractivity contribution in [2.24, 2.45) is 0 Å². The Kier molecular flexibility index (Phi) is 4.16. The maximum atomic E-state index is 12.7. The normalized spacial score (nSPS) is 11.9. The SMILES string of the molecule is O=C(c1ccc(Cl)cc1)C(Oc1ccccc1)c1ncn[nH]1. The maximum absolute atomic E-state index is 12.7. The molecule has 1 N–H and O–H groups in total. The van der Waals surface area contributed by atoms with Gasteiger partial charge in [0.25, 0.3) is 0 Å². The number of para-hydroxylation sites is 1. The maximum Gasteiger partial charge on any atom is 0.220 e. The van der Waals surface area contributed by atoms with E-state index in [-0.39, 0.29) is 5.78 Å². The molecule has 1 aromatic heterocycles. The van der Waals surface area contributed by atoms with Crippen molar-refractivity contribution >= 4 is 17.4 Å². The summed E-state index contributed by atoms with van der Waals surface area (Å²) in [7, 11) is 0. The third kappa shape index (κ3) is 3.15. The van der Waals surface area contributed by atoms with Crippen molar-refractivity contribution in [2.45, 2.75) is 6.10 Å². The highest BCUT2D eigenvalue weighted by Gasteiger charge is 2.26. The molecule has 1 heterocycles. The molecule has 0 saturated carbocycles. The predicted octanol–water partition coefficient (Wildman–Crippen LogP) is 3.46. The van der Waals surface area contributed by atoms with Gasteiger partial charge in [0.2, 0.25) is 11.9 Å². The van der Waals surface area contributed by atoms with Crippen LogP contribution in [0.25, 0.3) is 0 Å². The highest BCUT2D eigenvalue weighted by molar-refractivity contribution is 6.30. The van der Waals surface area contributed by atoms with Crippen molar-refractivity contribution in [1.82, 2.24) is 15.2 Å². The predicted molar refractivity (Wildman–Crippen MR) is 82.0 cm³/mol. The molecular formula is C16H12ClN3O2. The topological polar surface area (TPSA) is 67.9 Å². The lowest BCUT2D eigenvalue weighted by Gasteiger charge is -2.16. The number of hydrogen-bond donors (Lipinski definition) is 1. The van der Waals surface area contributed by atoms with Crippen LogP contribution in [-0.2, 0) is 0 Å². The van der Waals surface area contributed by atoms with Crippen LogP contribution in [0.15, 0.2) is 60.9 Å². The van der Waals surface area contributed by atoms with Gasteiger partial charge < -0.3 is 4.74 Å². The molecule has 0 aliphatic heterocycles. The quantitative estimate of drug-likeness (QED) is 0.732. The average molecular weight is 314 g/mol. The smallest absolute Gasteiger partial charge is 0.220 e. The van der Waals surface area contributed by atoms with Gasteiger partial charge in [-0.1, -0.05) is 29.8 Å². The van der Waals surface area contributed by atoms with E-state index in [2.05, 4.69) is 15.2 Å². The van der Waals surface area contributed by atoms with Crippen LogP contribution in [0, 0.1) is 0 Å². The Morgan fingerprint density at radius 1 is 1.09 bits per heavy atom. The number of carbonyl (C=O) groups is 1. The number of H-pyrrole nitrogens is 1. The van der Waals surface area contributed by atoms with Gasteiger partial charge in [-0.05, 0) is 36.4 Å². The van der Waals surface area contributed by atoms with Gasteiger partial charge in [-0.25, -0.2) is 4.98 Å². The molecule has 3 rings (SSSR count). The number of Topliss-reactive ketones (excluding diaryl/α,β-unsaturated/α-hetero) is 1. The molecule has 110 valence electrons. The fourth-order valence-electron chi connectivity index (χ4n) is 1.98. The number of aromatic amines is 1. The third-order valence-corrected chi connectivity index (χ3v) is 3.30. The molecule has 22 heavy (non-hydrogen) atoms. The van der Waals surface area contributed by atoms with Crippen molar-refractivity contribution in [3.63, 3.8) is 0 Å². The Balaban J connectivity index is 1.91. The lowest BCUT2D eigenvalue weighted by molar-refractivity contribution is 0.0780. The number of hydrogen-bond acceptors (Lipinski definition) is 4. The number of ether oxygens (including phenoxy) is 1. The van der Waals surface area contributed by atoms with E-state index in [9.17, 15) is 4.79 Å². The lowest BCUT2D eigenvalue weighted by Crippen LogP contribution is -2.20. The molecule has 2 aromatic carbocycles. The highest BCUT2D eigenvalue weighted by Crippen LogP contribution is 2.23. The zero-order valence-corrected chi connectivity index (χ0v) is 12.2. The van der Waals surface area contributed by atoms with E-state index in [1.807, 2.05) is 18.2 Å². The van der Waals surface area contributed by atoms with Crippen LogP contribution in [0.5, 0.6) is 5.75 Å². The number of nitrogens with zero attached hydrogens (tertiary/aromatic N) is 2. The summed E-state index contributed by atoms with van der Waals surface area (Å²) in [4.78, 5) is 16.7. The van der Waals surface area contributed by atoms with Crippen molar-refractivity contribution in [2.75, 3.05) is 0 Å². The van der Waals surface area contributed by atoms with Crippen LogP contribution in [0.3, 0.4) is 0 Å². The fourth-order valence-corrected chi connectivity index (χ4v) is 2.10. The first-order valence-electron chi connectivity index (χ1n) is 6.61. The van der Waals surface area contributed by atoms with Gasteiger partial charge in [0, 0.05) is 10.6 Å². The third-order valence-electron chi connectivity index (χ3n) is 3.05. The lowest BCUT2D eigenvalue weighted by atomic mass is 10.1. The first kappa shape index (κ1) is 14.3. The van der Waals surface area contributed by atoms with E-state index in [1.165, 1.54) is 6.33 Å². The van der Waals surface area contributed by atoms with E-state index < -0.39 is 6.10 Å². The van der Waals surface area contributed by atoms with Crippen LogP contribution in [0.4, 0.5) is 0 Å². The van der Waals surface area contributed by atoms with E-state index in [0.717, 1.165) is 0 Å². The van der Waals surface area contributed by atoms with Gasteiger partial charge in [-0.2, -0.15) is 5.10 Å². The van der Waals surface area contributed by atoms with Crippen molar-refractivity contribution in [1.29, 1.82) is 0 Å². The molecule has 0 spiro atoms. The van der Waals surface area contributed by atoms with E-state index >= 15 is 0 Å². The summed E-state index contributed by atoms with van der Waals surface area (Å²) in [5.74, 6) is 0.701. The van der Waals surface area contributed by atoms with Gasteiger partial charge in [-0.3, -0.25) is 9.89 Å². The van der Waals surface area contributed by atoms with Crippen molar-refractivity contribution in [3.8, 4) is 5.75 Å². The van der Waals surface area contributed by atoms with E-state index in [4.69, 9.17) is 16.3 Å². The summed E-state index contributed by atoms with van der Waals surface area (Å²) in [6.07, 6.45) is 0.442. The number of nitrogens with one attached hydrogen (secondary N) is 1. The molecule has 0 radical (unpaired) electrons. The van der Waals surface area contributed by atoms with Crippen LogP contribution in [0.1, 0.15) is 22.3 Å². The van der Waals surface area contributed by atoms with Crippen molar-refractivity contribution < 1.29 is 9.53 Å². The number of ketones is 1. The molecule has 3 aromatic rings. The number of rotatable bonds is 5. The molecule has 1 atom stereocenters. The molecule has 0 aliphatic rings. The van der Waals surface area contributed by atoms with Crippen LogP contribution in [0.2, 0.25) is 5.02 Å². The van der Waals surface area contributed by atoms with E-state index in [0.29, 0.717) is 22.2 Å². The molecular weight excluding hydrogens is 302 g/mol. The minimum Gasteiger partial charge on any atom is -0.474 e. The molecule has 0 amide bonds. The van der Waals surface area contributed by atoms with Crippen LogP contribution < -0.4 is 4.74 Å². The zero-order valence-electron chi connectivity index (χ0n) is 11.4. The summed E-state index contributed by atoms with van der Waals surface area (Å²) in [6, 6.07) is 15.7. The monoisotopic (exact) mass is 313 g/mol. The Labute approximate surface area is 131 Å². The summed E-state index contributed by atoms with van der Waals surface area (Å²) in [5.41, 5.74) is 0.488. The Bertz CT molecular complexity index is 743. The van der Waals surface area contributed by atoms with Crippen LogP contribution >= 0.6 is 11.6 Å². The summed E-state index contributed by atoms with van der Waals surface area (Å²) >= 11 is 5.85. The largest absolute Gasteiger partial charge is 0.474 e. The Hall–Kier alpha value is -2.66. The molecule has 0 fully saturated rings. The second-order valence-corrected chi connectivity index (χ2v) is 4.99. The summed E-state index contributed by atoms with van der Waals surface area (Å²) in [5, 5.41) is 7.04. The fraction of sp³-hybridized carbons (Fsp3) is 0.0625. The van der Waals surface area contributed by atoms with E-state index in [1.54, 1.807) is 36.4 Å². The molecule has 1 unspecified atom stereocenters. The minimum absolute atomic E-state index is 0.225. The molecule has 5 nitrogen and oxygen atoms in total. The molecule has 0 saturated heterocycles. The minimum atomic E-state index is -0.897. The van der Waals surface area contributed by atoms with Crippen LogP contribution in [-0.4, -0.2) is 21.0 Å². The first-order chi connectivity index (χ1) is 10.7. The van der Waals surface area contributed by atoms with Gasteiger partial charge >= 0.3 is 0 Å². The Morgan fingerprint density at radius 2 is 1.82 bits per heavy atom. The van der Waals surface area contributed by atoms with Crippen molar-refractivity contribution in [3.05, 3.63) is 77.3 Å². The highest BCUT2D eigenvalue weighted by atomic mass is 35.5. The molecule has 6 heteroatoms. The number of halogens is 1. The standard InChI is InChI=1S/C16H12ClN3O2/c17-12-8-6-11(7-9-12)14(21)15(16-18-10-19-20-16)22-13-4-2-1-3-5-13/h1-10,15H,(H,18,19,20). The number of benzene rings is 2. The first-order valence-corrected chi connectivity index (χ1v) is 6.98. The average Bonchev–Trinajstić information content (AvgIpc) is 3.08. The molecule has 0 aliphatic carbocycles. The van der Waals surface area contributed by atoms with Gasteiger partial charge in [-0.15, -0.1) is 0 Å².